The minimum atomic E-state index is -0.715. The number of benzene rings is 3. The zero-order valence-corrected chi connectivity index (χ0v) is 26.0. The first-order valence-electron chi connectivity index (χ1n) is 14.6. The van der Waals surface area contributed by atoms with Gasteiger partial charge in [0.1, 0.15) is 17.1 Å². The van der Waals surface area contributed by atoms with Gasteiger partial charge < -0.3 is 10.1 Å². The van der Waals surface area contributed by atoms with Gasteiger partial charge in [-0.1, -0.05) is 97.1 Å². The van der Waals surface area contributed by atoms with E-state index in [1.54, 1.807) is 24.2 Å². The molecule has 2 aliphatic rings. The molecular formula is C36H31N3O4S2. The fourth-order valence-electron chi connectivity index (χ4n) is 5.29. The molecule has 1 N–H and O–H groups in total. The Bertz CT molecular complexity index is 1660. The predicted molar refractivity (Wildman–Crippen MR) is 179 cm³/mol. The van der Waals surface area contributed by atoms with Crippen LogP contribution in [0.5, 0.6) is 0 Å². The first-order chi connectivity index (χ1) is 22.1. The topological polar surface area (TPSA) is 88.6 Å². The highest BCUT2D eigenvalue weighted by Gasteiger charge is 2.54. The lowest BCUT2D eigenvalue weighted by Crippen LogP contribution is -2.70. The van der Waals surface area contributed by atoms with Crippen LogP contribution in [0.2, 0.25) is 0 Å². The van der Waals surface area contributed by atoms with Gasteiger partial charge in [-0.3, -0.25) is 19.5 Å². The van der Waals surface area contributed by atoms with Crippen LogP contribution < -0.4 is 5.32 Å². The van der Waals surface area contributed by atoms with E-state index in [9.17, 15) is 14.4 Å². The van der Waals surface area contributed by atoms with Crippen molar-refractivity contribution in [2.45, 2.75) is 23.9 Å². The summed E-state index contributed by atoms with van der Waals surface area (Å²) in [6, 6.07) is 31.7. The summed E-state index contributed by atoms with van der Waals surface area (Å²) in [6.07, 6.45) is 4.98. The summed E-state index contributed by atoms with van der Waals surface area (Å²) >= 11 is 3.08. The maximum Gasteiger partial charge on any atom is 0.356 e. The predicted octanol–water partition coefficient (Wildman–Crippen LogP) is 6.02. The van der Waals surface area contributed by atoms with Crippen molar-refractivity contribution >= 4 is 47.4 Å². The fourth-order valence-corrected chi connectivity index (χ4v) is 7.55. The van der Waals surface area contributed by atoms with Gasteiger partial charge in [-0.2, -0.15) is 0 Å². The molecule has 1 aromatic heterocycles. The minimum Gasteiger partial charge on any atom is -0.448 e. The van der Waals surface area contributed by atoms with Gasteiger partial charge in [-0.15, -0.1) is 23.5 Å². The van der Waals surface area contributed by atoms with Crippen molar-refractivity contribution in [1.82, 2.24) is 15.2 Å². The number of esters is 1. The monoisotopic (exact) mass is 633 g/mol. The second kappa shape index (κ2) is 14.5. The number of nitrogens with zero attached hydrogens (tertiary/aromatic N) is 2. The van der Waals surface area contributed by atoms with E-state index in [4.69, 9.17) is 4.74 Å². The third-order valence-corrected chi connectivity index (χ3v) is 9.68. The van der Waals surface area contributed by atoms with Crippen molar-refractivity contribution in [3.05, 3.63) is 154 Å². The Morgan fingerprint density at radius 2 is 1.62 bits per heavy atom. The van der Waals surface area contributed by atoms with Crippen LogP contribution in [0.3, 0.4) is 0 Å². The quantitative estimate of drug-likeness (QED) is 0.160. The standard InChI is InChI=1S/C36H31N3O4S2/c40-30(21-25-11-4-1-5-12-25)38-31-34(41)39-32(29(24-45-35(31)39)23-44-20-18-26-13-10-19-37-22-26)36(42)43-33(27-14-6-2-7-15-27)28-16-8-3-9-17-28/h1-20,22,31,33,35H,21,23-24H2,(H,38,40)/b20-18-. The van der Waals surface area contributed by atoms with Crippen LogP contribution in [0, 0.1) is 0 Å². The van der Waals surface area contributed by atoms with Crippen molar-refractivity contribution in [2.24, 2.45) is 0 Å². The van der Waals surface area contributed by atoms with Crippen LogP contribution in [-0.2, 0) is 25.5 Å². The van der Waals surface area contributed by atoms with Gasteiger partial charge in [0, 0.05) is 23.9 Å². The van der Waals surface area contributed by atoms with Crippen LogP contribution in [0.15, 0.2) is 132 Å². The van der Waals surface area contributed by atoms with Crippen LogP contribution >= 0.6 is 23.5 Å². The lowest BCUT2D eigenvalue weighted by molar-refractivity contribution is -0.154. The van der Waals surface area contributed by atoms with Crippen molar-refractivity contribution in [3.8, 4) is 0 Å². The Kier molecular flexibility index (Phi) is 9.77. The van der Waals surface area contributed by atoms with E-state index in [0.29, 0.717) is 11.5 Å². The van der Waals surface area contributed by atoms with E-state index in [0.717, 1.165) is 27.8 Å². The number of hydrogen-bond acceptors (Lipinski definition) is 7. The van der Waals surface area contributed by atoms with E-state index >= 15 is 0 Å². The van der Waals surface area contributed by atoms with Crippen LogP contribution in [0.1, 0.15) is 28.4 Å². The molecule has 0 radical (unpaired) electrons. The zero-order valence-electron chi connectivity index (χ0n) is 24.3. The third kappa shape index (κ3) is 7.21. The molecule has 4 aromatic rings. The fraction of sp³-hybridized carbons (Fsp3) is 0.167. The average Bonchev–Trinajstić information content (AvgIpc) is 3.09. The molecule has 3 aromatic carbocycles. The maximum atomic E-state index is 14.1. The van der Waals surface area contributed by atoms with Gasteiger partial charge in [0.25, 0.3) is 5.91 Å². The number of ether oxygens (including phenoxy) is 1. The van der Waals surface area contributed by atoms with Crippen molar-refractivity contribution in [2.75, 3.05) is 11.5 Å². The normalized spacial score (nSPS) is 17.6. The molecule has 226 valence electrons. The van der Waals surface area contributed by atoms with Crippen molar-refractivity contribution in [3.63, 3.8) is 0 Å². The van der Waals surface area contributed by atoms with Gasteiger partial charge >= 0.3 is 5.97 Å². The number of carbonyl (C=O) groups is 3. The second-order valence-electron chi connectivity index (χ2n) is 10.6. The van der Waals surface area contributed by atoms with Gasteiger partial charge in [-0.25, -0.2) is 4.79 Å². The third-order valence-electron chi connectivity index (χ3n) is 7.49. The molecule has 1 fully saturated rings. The van der Waals surface area contributed by atoms with E-state index < -0.39 is 23.5 Å². The molecule has 0 bridgehead atoms. The number of β-lactam (4-membered cyclic amide) rings is 1. The molecule has 2 aliphatic heterocycles. The maximum absolute atomic E-state index is 14.1. The summed E-state index contributed by atoms with van der Waals surface area (Å²) in [5.74, 6) is -0.0870. The minimum absolute atomic E-state index is 0.174. The largest absolute Gasteiger partial charge is 0.448 e. The van der Waals surface area contributed by atoms with Crippen LogP contribution in [0.4, 0.5) is 0 Å². The molecule has 6 rings (SSSR count). The first kappa shape index (κ1) is 30.4. The molecule has 0 aliphatic carbocycles. The van der Waals surface area contributed by atoms with Crippen molar-refractivity contribution in [1.29, 1.82) is 0 Å². The molecule has 0 spiro atoms. The molecule has 2 unspecified atom stereocenters. The summed E-state index contributed by atoms with van der Waals surface area (Å²) in [6.45, 7) is 0. The molecule has 7 nitrogen and oxygen atoms in total. The van der Waals surface area contributed by atoms with Crippen molar-refractivity contribution < 1.29 is 19.1 Å². The lowest BCUT2D eigenvalue weighted by Gasteiger charge is -2.49. The number of thioether (sulfide) groups is 2. The highest BCUT2D eigenvalue weighted by Crippen LogP contribution is 2.42. The van der Waals surface area contributed by atoms with Gasteiger partial charge in [0.15, 0.2) is 6.10 Å². The van der Waals surface area contributed by atoms with E-state index in [-0.39, 0.29) is 23.9 Å². The van der Waals surface area contributed by atoms with Crippen LogP contribution in [-0.4, -0.2) is 50.6 Å². The highest BCUT2D eigenvalue weighted by atomic mass is 32.2. The van der Waals surface area contributed by atoms with E-state index in [1.165, 1.54) is 16.7 Å². The molecule has 2 amide bonds. The smallest absolute Gasteiger partial charge is 0.356 e. The summed E-state index contributed by atoms with van der Waals surface area (Å²) < 4.78 is 6.24. The van der Waals surface area contributed by atoms with Gasteiger partial charge in [0.2, 0.25) is 5.91 Å². The summed E-state index contributed by atoms with van der Waals surface area (Å²) in [4.78, 5) is 46.2. The first-order valence-corrected chi connectivity index (χ1v) is 16.7. The number of nitrogens with one attached hydrogen (secondary N) is 1. The Hall–Kier alpha value is -4.60. The Morgan fingerprint density at radius 1 is 0.956 bits per heavy atom. The number of pyridine rings is 1. The molecule has 0 saturated carbocycles. The lowest BCUT2D eigenvalue weighted by atomic mass is 10.0. The average molecular weight is 634 g/mol. The molecule has 9 heteroatoms. The number of carbonyl (C=O) groups excluding carboxylic acids is 3. The Labute approximate surface area is 270 Å². The highest BCUT2D eigenvalue weighted by molar-refractivity contribution is 8.02. The molecule has 45 heavy (non-hydrogen) atoms. The van der Waals surface area contributed by atoms with Crippen LogP contribution in [0.25, 0.3) is 6.08 Å². The van der Waals surface area contributed by atoms with Gasteiger partial charge in [0.05, 0.1) is 6.42 Å². The number of aromatic nitrogens is 1. The zero-order chi connectivity index (χ0) is 31.0. The SMILES string of the molecule is O=C(Cc1ccccc1)NC1C(=O)N2C(C(=O)OC(c3ccccc3)c3ccccc3)=C(CS/C=C\c3cccnc3)CSC12. The van der Waals surface area contributed by atoms with Gasteiger partial charge in [-0.05, 0) is 45.4 Å². The number of fused-ring (bicyclic) bond motifs is 1. The Balaban J connectivity index is 1.24. The van der Waals surface area contributed by atoms with E-state index in [2.05, 4.69) is 10.3 Å². The Morgan fingerprint density at radius 3 is 2.27 bits per heavy atom. The summed E-state index contributed by atoms with van der Waals surface area (Å²) in [7, 11) is 0. The molecule has 3 heterocycles. The summed E-state index contributed by atoms with van der Waals surface area (Å²) in [5, 5.41) is 4.47. The molecular weight excluding hydrogens is 603 g/mol. The summed E-state index contributed by atoms with van der Waals surface area (Å²) in [5.41, 5.74) is 4.56. The van der Waals surface area contributed by atoms with E-state index in [1.807, 2.05) is 115 Å². The number of rotatable bonds is 11. The number of hydrogen-bond donors (Lipinski definition) is 1. The molecule has 2 atom stereocenters. The number of amides is 2. The molecule has 1 saturated heterocycles. The second-order valence-corrected chi connectivity index (χ2v) is 12.6.